The molecule has 0 fully saturated rings. The third-order valence-electron chi connectivity index (χ3n) is 2.05. The average molecular weight is 200 g/mol. The molecule has 1 atom stereocenters. The second-order valence-corrected chi connectivity index (χ2v) is 4.86. The van der Waals surface area contributed by atoms with Crippen LogP contribution in [0.2, 0.25) is 0 Å². The molecule has 0 saturated heterocycles. The zero-order chi connectivity index (χ0) is 11.1. The molecular weight excluding hydrogens is 176 g/mol. The van der Waals surface area contributed by atoms with Gasteiger partial charge in [-0.2, -0.15) is 0 Å². The van der Waals surface area contributed by atoms with Gasteiger partial charge in [0.25, 0.3) is 0 Å². The maximum Gasteiger partial charge on any atom is 0.135 e. The topological polar surface area (TPSA) is 26.3 Å². The van der Waals surface area contributed by atoms with Crippen molar-refractivity contribution in [3.8, 4) is 0 Å². The van der Waals surface area contributed by atoms with Crippen LogP contribution in [0, 0.1) is 17.8 Å². The lowest BCUT2D eigenvalue weighted by Gasteiger charge is -2.13. The largest absolute Gasteiger partial charge is 0.381 e. The van der Waals surface area contributed by atoms with E-state index in [2.05, 4.69) is 20.8 Å². The van der Waals surface area contributed by atoms with E-state index in [-0.39, 0.29) is 5.92 Å². The van der Waals surface area contributed by atoms with Gasteiger partial charge in [0, 0.05) is 25.6 Å². The monoisotopic (exact) mass is 200 g/mol. The molecule has 0 rings (SSSR count). The van der Waals surface area contributed by atoms with Crippen LogP contribution in [0.5, 0.6) is 0 Å². The van der Waals surface area contributed by atoms with E-state index in [1.807, 2.05) is 13.8 Å². The molecule has 0 saturated carbocycles. The van der Waals surface area contributed by atoms with E-state index in [4.69, 9.17) is 4.74 Å². The number of ether oxygens (including phenoxy) is 1. The van der Waals surface area contributed by atoms with Crippen LogP contribution in [0.15, 0.2) is 0 Å². The van der Waals surface area contributed by atoms with Gasteiger partial charge in [0.15, 0.2) is 0 Å². The minimum atomic E-state index is 0.155. The Labute approximate surface area is 88.0 Å². The molecule has 0 spiro atoms. The van der Waals surface area contributed by atoms with Gasteiger partial charge in [-0.15, -0.1) is 0 Å². The van der Waals surface area contributed by atoms with Gasteiger partial charge in [-0.3, -0.25) is 4.79 Å². The predicted octanol–water partition coefficient (Wildman–Crippen LogP) is 2.91. The number of hydrogen-bond acceptors (Lipinski definition) is 2. The van der Waals surface area contributed by atoms with E-state index >= 15 is 0 Å². The average Bonchev–Trinajstić information content (AvgIpc) is 2.02. The summed E-state index contributed by atoms with van der Waals surface area (Å²) in [5, 5.41) is 0. The number of carbonyl (C=O) groups excluding carboxylic acids is 1. The molecule has 0 amide bonds. The standard InChI is InChI=1S/C12H24O2/c1-9(2)7-14-8-11(5)6-12(13)10(3)4/h9-11H,6-8H2,1-5H3/t11-/m0/s1. The Morgan fingerprint density at radius 3 is 2.07 bits per heavy atom. The molecule has 0 N–H and O–H groups in total. The quantitative estimate of drug-likeness (QED) is 0.631. The lowest BCUT2D eigenvalue weighted by Crippen LogP contribution is -2.16. The number of Topliss-reactive ketones (excluding diaryl/α,β-unsaturated/α-hetero) is 1. The SMILES string of the molecule is CC(C)COC[C@@H](C)CC(=O)C(C)C. The first-order valence-corrected chi connectivity index (χ1v) is 5.54. The van der Waals surface area contributed by atoms with Crippen LogP contribution in [0.25, 0.3) is 0 Å². The molecule has 0 aromatic rings. The van der Waals surface area contributed by atoms with Crippen LogP contribution >= 0.6 is 0 Å². The van der Waals surface area contributed by atoms with Crippen LogP contribution in [-0.2, 0) is 9.53 Å². The lowest BCUT2D eigenvalue weighted by molar-refractivity contribution is -0.123. The molecule has 0 aromatic carbocycles. The van der Waals surface area contributed by atoms with Gasteiger partial charge < -0.3 is 4.74 Å². The van der Waals surface area contributed by atoms with Crippen LogP contribution in [-0.4, -0.2) is 19.0 Å². The van der Waals surface area contributed by atoms with E-state index in [0.717, 1.165) is 6.61 Å². The van der Waals surface area contributed by atoms with Crippen molar-refractivity contribution in [2.24, 2.45) is 17.8 Å². The fourth-order valence-corrected chi connectivity index (χ4v) is 1.14. The molecule has 0 aliphatic rings. The first kappa shape index (κ1) is 13.6. The van der Waals surface area contributed by atoms with Crippen molar-refractivity contribution < 1.29 is 9.53 Å². The first-order valence-electron chi connectivity index (χ1n) is 5.54. The fraction of sp³-hybridized carbons (Fsp3) is 0.917. The van der Waals surface area contributed by atoms with Crippen LogP contribution in [0.3, 0.4) is 0 Å². The minimum absolute atomic E-state index is 0.155. The zero-order valence-electron chi connectivity index (χ0n) is 10.2. The van der Waals surface area contributed by atoms with Gasteiger partial charge in [0.1, 0.15) is 5.78 Å². The summed E-state index contributed by atoms with van der Waals surface area (Å²) >= 11 is 0. The molecule has 84 valence electrons. The highest BCUT2D eigenvalue weighted by molar-refractivity contribution is 5.80. The van der Waals surface area contributed by atoms with Gasteiger partial charge in [-0.25, -0.2) is 0 Å². The van der Waals surface area contributed by atoms with Crippen LogP contribution < -0.4 is 0 Å². The smallest absolute Gasteiger partial charge is 0.135 e. The molecule has 2 heteroatoms. The zero-order valence-corrected chi connectivity index (χ0v) is 10.2. The summed E-state index contributed by atoms with van der Waals surface area (Å²) in [6.07, 6.45) is 0.649. The normalized spacial score (nSPS) is 13.6. The van der Waals surface area contributed by atoms with Crippen LogP contribution in [0.1, 0.15) is 41.0 Å². The number of hydrogen-bond donors (Lipinski definition) is 0. The van der Waals surface area contributed by atoms with E-state index in [0.29, 0.717) is 30.6 Å². The molecular formula is C12H24O2. The molecule has 0 aliphatic carbocycles. The Kier molecular flexibility index (Phi) is 6.81. The van der Waals surface area contributed by atoms with E-state index < -0.39 is 0 Å². The number of rotatable bonds is 7. The summed E-state index contributed by atoms with van der Waals surface area (Å²) in [6.45, 7) is 11.7. The Morgan fingerprint density at radius 2 is 1.64 bits per heavy atom. The van der Waals surface area contributed by atoms with Gasteiger partial charge in [0.05, 0.1) is 0 Å². The third kappa shape index (κ3) is 7.07. The maximum absolute atomic E-state index is 11.4. The number of carbonyl (C=O) groups is 1. The Morgan fingerprint density at radius 1 is 1.07 bits per heavy atom. The van der Waals surface area contributed by atoms with Crippen molar-refractivity contribution >= 4 is 5.78 Å². The van der Waals surface area contributed by atoms with Crippen molar-refractivity contribution in [2.45, 2.75) is 41.0 Å². The predicted molar refractivity (Wildman–Crippen MR) is 59.3 cm³/mol. The molecule has 14 heavy (non-hydrogen) atoms. The highest BCUT2D eigenvalue weighted by Gasteiger charge is 2.12. The molecule has 0 bridgehead atoms. The minimum Gasteiger partial charge on any atom is -0.381 e. The lowest BCUT2D eigenvalue weighted by atomic mass is 9.98. The molecule has 2 nitrogen and oxygen atoms in total. The summed E-state index contributed by atoms with van der Waals surface area (Å²) in [6, 6.07) is 0. The third-order valence-corrected chi connectivity index (χ3v) is 2.05. The molecule has 0 aromatic heterocycles. The van der Waals surface area contributed by atoms with Gasteiger partial charge >= 0.3 is 0 Å². The summed E-state index contributed by atoms with van der Waals surface area (Å²) in [5.41, 5.74) is 0. The van der Waals surface area contributed by atoms with Crippen molar-refractivity contribution in [3.05, 3.63) is 0 Å². The molecule has 0 radical (unpaired) electrons. The van der Waals surface area contributed by atoms with E-state index in [1.54, 1.807) is 0 Å². The van der Waals surface area contributed by atoms with Gasteiger partial charge in [0.2, 0.25) is 0 Å². The van der Waals surface area contributed by atoms with E-state index in [9.17, 15) is 4.79 Å². The number of ketones is 1. The fourth-order valence-electron chi connectivity index (χ4n) is 1.14. The Hall–Kier alpha value is -0.370. The van der Waals surface area contributed by atoms with Gasteiger partial charge in [-0.05, 0) is 11.8 Å². The summed E-state index contributed by atoms with van der Waals surface area (Å²) < 4.78 is 5.49. The summed E-state index contributed by atoms with van der Waals surface area (Å²) in [4.78, 5) is 11.4. The van der Waals surface area contributed by atoms with Crippen molar-refractivity contribution in [1.29, 1.82) is 0 Å². The van der Waals surface area contributed by atoms with Crippen molar-refractivity contribution in [2.75, 3.05) is 13.2 Å². The second-order valence-electron chi connectivity index (χ2n) is 4.86. The molecule has 0 unspecified atom stereocenters. The molecule has 0 aliphatic heterocycles. The van der Waals surface area contributed by atoms with Gasteiger partial charge in [-0.1, -0.05) is 34.6 Å². The maximum atomic E-state index is 11.4. The molecule has 0 heterocycles. The Balaban J connectivity index is 3.55. The van der Waals surface area contributed by atoms with Crippen molar-refractivity contribution in [1.82, 2.24) is 0 Å². The highest BCUT2D eigenvalue weighted by atomic mass is 16.5. The summed E-state index contributed by atoms with van der Waals surface area (Å²) in [7, 11) is 0. The van der Waals surface area contributed by atoms with E-state index in [1.165, 1.54) is 0 Å². The highest BCUT2D eigenvalue weighted by Crippen LogP contribution is 2.09. The van der Waals surface area contributed by atoms with Crippen molar-refractivity contribution in [3.63, 3.8) is 0 Å². The van der Waals surface area contributed by atoms with Crippen LogP contribution in [0.4, 0.5) is 0 Å². The first-order chi connectivity index (χ1) is 6.43. The summed E-state index contributed by atoms with van der Waals surface area (Å²) in [5.74, 6) is 1.42. The Bertz CT molecular complexity index is 162. The second kappa shape index (κ2) is 6.99.